The normalized spacial score (nSPS) is 10.3. The fourth-order valence-corrected chi connectivity index (χ4v) is 3.06. The molecule has 0 aliphatic carbocycles. The largest absolute Gasteiger partial charge is 0.494 e. The number of para-hydroxylation sites is 2. The Hall–Kier alpha value is -3.13. The van der Waals surface area contributed by atoms with Gasteiger partial charge in [0.05, 0.1) is 19.9 Å². The summed E-state index contributed by atoms with van der Waals surface area (Å²) in [4.78, 5) is 16.4. The number of nitrogens with zero attached hydrogens (tertiary/aromatic N) is 1. The maximum Gasteiger partial charge on any atom is 0.264 e. The van der Waals surface area contributed by atoms with E-state index in [-0.39, 0.29) is 18.3 Å². The van der Waals surface area contributed by atoms with Gasteiger partial charge in [0.25, 0.3) is 5.91 Å². The molecule has 0 aliphatic heterocycles. The highest BCUT2D eigenvalue weighted by Gasteiger charge is 2.12. The van der Waals surface area contributed by atoms with Gasteiger partial charge in [-0.2, -0.15) is 0 Å². The van der Waals surface area contributed by atoms with E-state index in [0.717, 1.165) is 0 Å². The van der Waals surface area contributed by atoms with Crippen LogP contribution in [0, 0.1) is 5.82 Å². The van der Waals surface area contributed by atoms with Gasteiger partial charge in [0.2, 0.25) is 0 Å². The number of ether oxygens (including phenoxy) is 3. The molecule has 1 amide bonds. The molecule has 1 aromatic heterocycles. The zero-order valence-corrected chi connectivity index (χ0v) is 15.5. The lowest BCUT2D eigenvalue weighted by molar-refractivity contribution is -0.118. The number of rotatable bonds is 7. The summed E-state index contributed by atoms with van der Waals surface area (Å²) in [5, 5.41) is 4.79. The quantitative estimate of drug-likeness (QED) is 0.663. The van der Waals surface area contributed by atoms with Gasteiger partial charge >= 0.3 is 0 Å². The van der Waals surface area contributed by atoms with Gasteiger partial charge in [0.15, 0.2) is 34.8 Å². The molecule has 140 valence electrons. The number of anilines is 1. The van der Waals surface area contributed by atoms with Gasteiger partial charge in [-0.3, -0.25) is 10.1 Å². The molecule has 0 fully saturated rings. The highest BCUT2D eigenvalue weighted by molar-refractivity contribution is 7.14. The molecule has 0 aliphatic rings. The SMILES string of the molecule is COc1ccc(-c2csc(NC(=O)COc3ccccc3OC)n2)cc1F. The Morgan fingerprint density at radius 1 is 1.11 bits per heavy atom. The summed E-state index contributed by atoms with van der Waals surface area (Å²) >= 11 is 1.24. The van der Waals surface area contributed by atoms with Gasteiger partial charge < -0.3 is 14.2 Å². The minimum Gasteiger partial charge on any atom is -0.494 e. The van der Waals surface area contributed by atoms with Gasteiger partial charge in [0, 0.05) is 10.9 Å². The second kappa shape index (κ2) is 8.50. The lowest BCUT2D eigenvalue weighted by Gasteiger charge is -2.09. The van der Waals surface area contributed by atoms with Gasteiger partial charge in [-0.05, 0) is 30.3 Å². The van der Waals surface area contributed by atoms with Crippen LogP contribution in [0.4, 0.5) is 9.52 Å². The van der Waals surface area contributed by atoms with Crippen molar-refractivity contribution in [2.75, 3.05) is 26.1 Å². The molecule has 0 radical (unpaired) electrons. The number of thiazole rings is 1. The van der Waals surface area contributed by atoms with Crippen LogP contribution in [0.15, 0.2) is 47.8 Å². The minimum atomic E-state index is -0.473. The summed E-state index contributed by atoms with van der Waals surface area (Å²) in [7, 11) is 2.93. The number of halogens is 1. The van der Waals surface area contributed by atoms with Crippen molar-refractivity contribution in [3.8, 4) is 28.5 Å². The Morgan fingerprint density at radius 2 is 1.85 bits per heavy atom. The van der Waals surface area contributed by atoms with E-state index in [9.17, 15) is 9.18 Å². The Bertz CT molecular complexity index is 945. The van der Waals surface area contributed by atoms with E-state index in [4.69, 9.17) is 14.2 Å². The van der Waals surface area contributed by atoms with Crippen molar-refractivity contribution in [1.82, 2.24) is 4.98 Å². The fourth-order valence-electron chi connectivity index (χ4n) is 2.33. The minimum absolute atomic E-state index is 0.163. The number of amides is 1. The topological polar surface area (TPSA) is 69.7 Å². The predicted octanol–water partition coefficient (Wildman–Crippen LogP) is 3.98. The molecule has 3 rings (SSSR count). The molecule has 0 saturated heterocycles. The lowest BCUT2D eigenvalue weighted by atomic mass is 10.1. The number of aromatic nitrogens is 1. The molecule has 2 aromatic carbocycles. The third kappa shape index (κ3) is 4.53. The van der Waals surface area contributed by atoms with Crippen LogP contribution < -0.4 is 19.5 Å². The van der Waals surface area contributed by atoms with Crippen LogP contribution in [0.5, 0.6) is 17.2 Å². The number of benzene rings is 2. The predicted molar refractivity (Wildman–Crippen MR) is 101 cm³/mol. The standard InChI is InChI=1S/C19H17FN2O4S/c1-24-15-8-7-12(9-13(15)20)14-11-27-19(21-14)22-18(23)10-26-17-6-4-3-5-16(17)25-2/h3-9,11H,10H2,1-2H3,(H,21,22,23). The molecule has 27 heavy (non-hydrogen) atoms. The van der Waals surface area contributed by atoms with Crippen LogP contribution in [0.2, 0.25) is 0 Å². The van der Waals surface area contributed by atoms with E-state index in [1.165, 1.54) is 37.7 Å². The van der Waals surface area contributed by atoms with Crippen LogP contribution in [-0.2, 0) is 4.79 Å². The number of carbonyl (C=O) groups is 1. The van der Waals surface area contributed by atoms with Crippen LogP contribution in [0.3, 0.4) is 0 Å². The Kier molecular flexibility index (Phi) is 5.87. The van der Waals surface area contributed by atoms with Crippen molar-refractivity contribution in [2.45, 2.75) is 0 Å². The number of hydrogen-bond donors (Lipinski definition) is 1. The van der Waals surface area contributed by atoms with Crippen molar-refractivity contribution in [3.05, 3.63) is 53.7 Å². The molecule has 0 spiro atoms. The van der Waals surface area contributed by atoms with E-state index in [1.807, 2.05) is 6.07 Å². The van der Waals surface area contributed by atoms with Gasteiger partial charge in [-0.25, -0.2) is 9.37 Å². The second-order valence-electron chi connectivity index (χ2n) is 5.37. The van der Waals surface area contributed by atoms with Crippen molar-refractivity contribution in [1.29, 1.82) is 0 Å². The second-order valence-corrected chi connectivity index (χ2v) is 6.23. The summed E-state index contributed by atoms with van der Waals surface area (Å²) in [6.07, 6.45) is 0. The summed E-state index contributed by atoms with van der Waals surface area (Å²) in [6, 6.07) is 11.6. The van der Waals surface area contributed by atoms with E-state index in [1.54, 1.807) is 29.6 Å². The average molecular weight is 388 g/mol. The summed E-state index contributed by atoms with van der Waals surface area (Å²) in [5.74, 6) is 0.351. The Morgan fingerprint density at radius 3 is 2.56 bits per heavy atom. The number of nitrogens with one attached hydrogen (secondary N) is 1. The van der Waals surface area contributed by atoms with E-state index in [2.05, 4.69) is 10.3 Å². The number of carbonyl (C=O) groups excluding carboxylic acids is 1. The monoisotopic (exact) mass is 388 g/mol. The van der Waals surface area contributed by atoms with Gasteiger partial charge in [0.1, 0.15) is 0 Å². The van der Waals surface area contributed by atoms with Gasteiger partial charge in [-0.15, -0.1) is 11.3 Å². The number of methoxy groups -OCH3 is 2. The first-order valence-corrected chi connectivity index (χ1v) is 8.83. The zero-order valence-electron chi connectivity index (χ0n) is 14.7. The molecule has 0 atom stereocenters. The molecular weight excluding hydrogens is 371 g/mol. The Balaban J connectivity index is 1.62. The molecule has 6 nitrogen and oxygen atoms in total. The third-order valence-electron chi connectivity index (χ3n) is 3.63. The van der Waals surface area contributed by atoms with Crippen LogP contribution in [0.25, 0.3) is 11.3 Å². The van der Waals surface area contributed by atoms with Crippen molar-refractivity contribution in [3.63, 3.8) is 0 Å². The first kappa shape index (κ1) is 18.7. The average Bonchev–Trinajstić information content (AvgIpc) is 3.15. The molecule has 0 unspecified atom stereocenters. The van der Waals surface area contributed by atoms with Crippen LogP contribution in [0.1, 0.15) is 0 Å². The zero-order chi connectivity index (χ0) is 19.2. The lowest BCUT2D eigenvalue weighted by Crippen LogP contribution is -2.20. The molecule has 3 aromatic rings. The van der Waals surface area contributed by atoms with Crippen molar-refractivity contribution < 1.29 is 23.4 Å². The molecule has 1 N–H and O–H groups in total. The first-order chi connectivity index (χ1) is 13.1. The highest BCUT2D eigenvalue weighted by atomic mass is 32.1. The maximum absolute atomic E-state index is 13.8. The first-order valence-electron chi connectivity index (χ1n) is 7.96. The van der Waals surface area contributed by atoms with Crippen molar-refractivity contribution >= 4 is 22.4 Å². The molecule has 1 heterocycles. The van der Waals surface area contributed by atoms with Crippen LogP contribution in [-0.4, -0.2) is 31.7 Å². The summed E-state index contributed by atoms with van der Waals surface area (Å²) in [5.41, 5.74) is 1.15. The molecule has 0 saturated carbocycles. The van der Waals surface area contributed by atoms with E-state index >= 15 is 0 Å². The third-order valence-corrected chi connectivity index (χ3v) is 4.38. The molecular formula is C19H17FN2O4S. The summed E-state index contributed by atoms with van der Waals surface area (Å²) < 4.78 is 29.4. The molecule has 8 heteroatoms. The Labute approximate surface area is 159 Å². The molecule has 0 bridgehead atoms. The number of hydrogen-bond acceptors (Lipinski definition) is 6. The fraction of sp³-hybridized carbons (Fsp3) is 0.158. The highest BCUT2D eigenvalue weighted by Crippen LogP contribution is 2.29. The maximum atomic E-state index is 13.8. The van der Waals surface area contributed by atoms with E-state index < -0.39 is 5.82 Å². The van der Waals surface area contributed by atoms with Gasteiger partial charge in [-0.1, -0.05) is 12.1 Å². The van der Waals surface area contributed by atoms with Crippen molar-refractivity contribution in [2.24, 2.45) is 0 Å². The smallest absolute Gasteiger partial charge is 0.264 e. The summed E-state index contributed by atoms with van der Waals surface area (Å²) in [6.45, 7) is -0.188. The van der Waals surface area contributed by atoms with E-state index in [0.29, 0.717) is 27.9 Å². The van der Waals surface area contributed by atoms with Crippen LogP contribution >= 0.6 is 11.3 Å².